The fourth-order valence-corrected chi connectivity index (χ4v) is 2.53. The minimum absolute atomic E-state index is 0.131. The van der Waals surface area contributed by atoms with E-state index in [9.17, 15) is 9.59 Å². The largest absolute Gasteiger partial charge is 0.376 e. The zero-order valence-corrected chi connectivity index (χ0v) is 13.8. The van der Waals surface area contributed by atoms with Crippen molar-refractivity contribution in [3.8, 4) is 0 Å². The third kappa shape index (κ3) is 5.03. The molecule has 2 rings (SSSR count). The Balaban J connectivity index is 1.77. The fourth-order valence-electron chi connectivity index (χ4n) is 1.74. The molecule has 0 aliphatic rings. The van der Waals surface area contributed by atoms with Crippen LogP contribution in [0.3, 0.4) is 0 Å². The molecule has 2 aromatic rings. The number of carbonyl (C=O) groups excluding carboxylic acids is 2. The number of hydrogen-bond donors (Lipinski definition) is 3. The summed E-state index contributed by atoms with van der Waals surface area (Å²) in [7, 11) is 0. The molecule has 8 heteroatoms. The van der Waals surface area contributed by atoms with Crippen molar-refractivity contribution in [2.45, 2.75) is 26.3 Å². The van der Waals surface area contributed by atoms with E-state index in [1.807, 2.05) is 0 Å². The lowest BCUT2D eigenvalue weighted by molar-refractivity contribution is -0.119. The lowest BCUT2D eigenvalue weighted by atomic mass is 10.2. The van der Waals surface area contributed by atoms with Gasteiger partial charge in [-0.15, -0.1) is 10.2 Å². The van der Waals surface area contributed by atoms with Crippen LogP contribution in [0.4, 0.5) is 5.69 Å². The van der Waals surface area contributed by atoms with E-state index in [-0.39, 0.29) is 12.5 Å². The first-order valence-electron chi connectivity index (χ1n) is 7.18. The van der Waals surface area contributed by atoms with Crippen LogP contribution < -0.4 is 16.4 Å². The van der Waals surface area contributed by atoms with E-state index in [2.05, 4.69) is 34.7 Å². The molecule has 1 aromatic heterocycles. The van der Waals surface area contributed by atoms with Crippen molar-refractivity contribution >= 4 is 28.8 Å². The lowest BCUT2D eigenvalue weighted by Crippen LogP contribution is -2.29. The molecule has 1 heterocycles. The van der Waals surface area contributed by atoms with Gasteiger partial charge in [-0.2, -0.15) is 0 Å². The van der Waals surface area contributed by atoms with E-state index in [1.54, 1.807) is 24.3 Å². The highest BCUT2D eigenvalue weighted by Crippen LogP contribution is 2.18. The van der Waals surface area contributed by atoms with Gasteiger partial charge < -0.3 is 16.4 Å². The Morgan fingerprint density at radius 1 is 1.22 bits per heavy atom. The van der Waals surface area contributed by atoms with Crippen LogP contribution >= 0.6 is 11.3 Å². The van der Waals surface area contributed by atoms with Gasteiger partial charge in [-0.1, -0.05) is 25.2 Å². The predicted octanol–water partition coefficient (Wildman–Crippen LogP) is 1.49. The number of anilines is 1. The molecule has 0 spiro atoms. The van der Waals surface area contributed by atoms with Crippen LogP contribution in [0.2, 0.25) is 0 Å². The minimum atomic E-state index is -0.480. The standard InChI is InChI=1S/C15H19N5O2S/c1-9(2)15-20-19-13(23-15)8-18-12(21)7-17-11-5-3-10(4-6-11)14(16)22/h3-6,9,17H,7-8H2,1-2H3,(H2,16,22)(H,18,21). The van der Waals surface area contributed by atoms with Gasteiger partial charge in [0.2, 0.25) is 11.8 Å². The van der Waals surface area contributed by atoms with Gasteiger partial charge >= 0.3 is 0 Å². The second-order valence-electron chi connectivity index (χ2n) is 5.26. The molecule has 0 saturated heterocycles. The molecule has 0 aliphatic heterocycles. The van der Waals surface area contributed by atoms with Crippen LogP contribution in [0.25, 0.3) is 0 Å². The number of nitrogens with two attached hydrogens (primary N) is 1. The highest BCUT2D eigenvalue weighted by Gasteiger charge is 2.09. The van der Waals surface area contributed by atoms with Gasteiger partial charge in [0, 0.05) is 17.2 Å². The quantitative estimate of drug-likeness (QED) is 0.711. The van der Waals surface area contributed by atoms with Gasteiger partial charge in [0.15, 0.2) is 0 Å². The van der Waals surface area contributed by atoms with E-state index in [1.165, 1.54) is 11.3 Å². The number of nitrogens with zero attached hydrogens (tertiary/aromatic N) is 2. The summed E-state index contributed by atoms with van der Waals surface area (Å²) in [6.07, 6.45) is 0. The molecule has 122 valence electrons. The Labute approximate surface area is 138 Å². The second kappa shape index (κ2) is 7.68. The number of amides is 2. The molecular formula is C15H19N5O2S. The SMILES string of the molecule is CC(C)c1nnc(CNC(=O)CNc2ccc(C(N)=O)cc2)s1. The van der Waals surface area contributed by atoms with Crippen molar-refractivity contribution < 1.29 is 9.59 Å². The molecular weight excluding hydrogens is 314 g/mol. The molecule has 0 bridgehead atoms. The Morgan fingerprint density at radius 3 is 2.48 bits per heavy atom. The number of hydrogen-bond acceptors (Lipinski definition) is 6. The van der Waals surface area contributed by atoms with E-state index < -0.39 is 5.91 Å². The van der Waals surface area contributed by atoms with Crippen LogP contribution in [0, 0.1) is 0 Å². The number of nitrogens with one attached hydrogen (secondary N) is 2. The predicted molar refractivity (Wildman–Crippen MR) is 89.3 cm³/mol. The third-order valence-corrected chi connectivity index (χ3v) is 4.26. The first-order chi connectivity index (χ1) is 11.0. The summed E-state index contributed by atoms with van der Waals surface area (Å²) in [5.74, 6) is -0.292. The summed E-state index contributed by atoms with van der Waals surface area (Å²) in [6.45, 7) is 4.60. The van der Waals surface area contributed by atoms with Gasteiger partial charge in [-0.3, -0.25) is 9.59 Å². The van der Waals surface area contributed by atoms with Crippen molar-refractivity contribution in [3.05, 3.63) is 39.8 Å². The smallest absolute Gasteiger partial charge is 0.248 e. The molecule has 23 heavy (non-hydrogen) atoms. The van der Waals surface area contributed by atoms with Crippen LogP contribution in [0.15, 0.2) is 24.3 Å². The first-order valence-corrected chi connectivity index (χ1v) is 8.00. The molecule has 0 atom stereocenters. The summed E-state index contributed by atoms with van der Waals surface area (Å²) < 4.78 is 0. The van der Waals surface area contributed by atoms with E-state index in [4.69, 9.17) is 5.73 Å². The molecule has 7 nitrogen and oxygen atoms in total. The number of benzene rings is 1. The van der Waals surface area contributed by atoms with Gasteiger partial charge in [-0.25, -0.2) is 0 Å². The Morgan fingerprint density at radius 2 is 1.91 bits per heavy atom. The van der Waals surface area contributed by atoms with Crippen LogP contribution in [0.5, 0.6) is 0 Å². The van der Waals surface area contributed by atoms with Crippen molar-refractivity contribution in [2.24, 2.45) is 5.73 Å². The van der Waals surface area contributed by atoms with E-state index in [0.717, 1.165) is 15.7 Å². The van der Waals surface area contributed by atoms with Crippen LogP contribution in [-0.4, -0.2) is 28.6 Å². The highest BCUT2D eigenvalue weighted by molar-refractivity contribution is 7.11. The number of carbonyl (C=O) groups is 2. The van der Waals surface area contributed by atoms with E-state index >= 15 is 0 Å². The molecule has 0 radical (unpaired) electrons. The average molecular weight is 333 g/mol. The molecule has 0 unspecified atom stereocenters. The first kappa shape index (κ1) is 16.9. The lowest BCUT2D eigenvalue weighted by Gasteiger charge is -2.07. The summed E-state index contributed by atoms with van der Waals surface area (Å²) in [4.78, 5) is 22.8. The maximum Gasteiger partial charge on any atom is 0.248 e. The van der Waals surface area contributed by atoms with Gasteiger partial charge in [0.25, 0.3) is 0 Å². The van der Waals surface area contributed by atoms with Crippen molar-refractivity contribution in [2.75, 3.05) is 11.9 Å². The van der Waals surface area contributed by atoms with Crippen LogP contribution in [-0.2, 0) is 11.3 Å². The number of rotatable bonds is 7. The number of aromatic nitrogens is 2. The fraction of sp³-hybridized carbons (Fsp3) is 0.333. The summed E-state index contributed by atoms with van der Waals surface area (Å²) in [6, 6.07) is 6.62. The summed E-state index contributed by atoms with van der Waals surface area (Å²) >= 11 is 1.50. The molecule has 2 amide bonds. The van der Waals surface area contributed by atoms with Crippen molar-refractivity contribution in [3.63, 3.8) is 0 Å². The Kier molecular flexibility index (Phi) is 5.64. The zero-order chi connectivity index (χ0) is 16.8. The van der Waals surface area contributed by atoms with Crippen molar-refractivity contribution in [1.29, 1.82) is 0 Å². The Hall–Kier alpha value is -2.48. The molecule has 0 fully saturated rings. The monoisotopic (exact) mass is 333 g/mol. The van der Waals surface area contributed by atoms with Gasteiger partial charge in [0.1, 0.15) is 10.0 Å². The minimum Gasteiger partial charge on any atom is -0.376 e. The molecule has 0 aliphatic carbocycles. The van der Waals surface area contributed by atoms with Crippen molar-refractivity contribution in [1.82, 2.24) is 15.5 Å². The maximum absolute atomic E-state index is 11.8. The molecule has 0 saturated carbocycles. The van der Waals surface area contributed by atoms with Crippen LogP contribution in [0.1, 0.15) is 40.1 Å². The second-order valence-corrected chi connectivity index (χ2v) is 6.35. The third-order valence-electron chi connectivity index (χ3n) is 3.04. The van der Waals surface area contributed by atoms with E-state index in [0.29, 0.717) is 18.0 Å². The zero-order valence-electron chi connectivity index (χ0n) is 13.0. The highest BCUT2D eigenvalue weighted by atomic mass is 32.1. The van der Waals surface area contributed by atoms with Gasteiger partial charge in [-0.05, 0) is 24.3 Å². The topological polar surface area (TPSA) is 110 Å². The molecule has 4 N–H and O–H groups in total. The van der Waals surface area contributed by atoms with Gasteiger partial charge in [0.05, 0.1) is 13.1 Å². The molecule has 1 aromatic carbocycles. The number of primary amides is 1. The summed E-state index contributed by atoms with van der Waals surface area (Å²) in [5, 5.41) is 15.6. The maximum atomic E-state index is 11.8. The average Bonchev–Trinajstić information content (AvgIpc) is 3.00. The summed E-state index contributed by atoms with van der Waals surface area (Å²) in [5.41, 5.74) is 6.33. The Bertz CT molecular complexity index is 681. The normalized spacial score (nSPS) is 10.6.